The van der Waals surface area contributed by atoms with Gasteiger partial charge >= 0.3 is 0 Å². The van der Waals surface area contributed by atoms with Gasteiger partial charge in [-0.3, -0.25) is 19.2 Å². The average molecular weight is 493 g/mol. The normalized spacial score (nSPS) is 20.4. The molecule has 0 heterocycles. The summed E-state index contributed by atoms with van der Waals surface area (Å²) in [5.41, 5.74) is -1.85. The van der Waals surface area contributed by atoms with Crippen molar-refractivity contribution in [3.8, 4) is 0 Å². The van der Waals surface area contributed by atoms with E-state index in [-0.39, 0.29) is 18.4 Å². The van der Waals surface area contributed by atoms with Crippen LogP contribution in [0.5, 0.6) is 0 Å². The number of Topliss-reactive ketones (excluding diaryl/α,β-unsaturated/α-hetero) is 4. The number of benzene rings is 1. The second kappa shape index (κ2) is 7.43. The summed E-state index contributed by atoms with van der Waals surface area (Å²) in [6.45, 7) is 0. The summed E-state index contributed by atoms with van der Waals surface area (Å²) in [7, 11) is 0. The number of alkyl halides is 3. The summed E-state index contributed by atoms with van der Waals surface area (Å²) in [5, 5.41) is 0. The van der Waals surface area contributed by atoms with Gasteiger partial charge in [0, 0.05) is 10.0 Å². The summed E-state index contributed by atoms with van der Waals surface area (Å²) in [4.78, 5) is 51.9. The Morgan fingerprint density at radius 3 is 2.00 bits per heavy atom. The molecule has 0 aliphatic heterocycles. The summed E-state index contributed by atoms with van der Waals surface area (Å²) >= 11 is 20.4. The summed E-state index contributed by atoms with van der Waals surface area (Å²) in [5.74, 6) is -3.62. The van der Waals surface area contributed by atoms with Crippen molar-refractivity contribution < 1.29 is 19.2 Å². The fourth-order valence-corrected chi connectivity index (χ4v) is 4.31. The molecule has 0 amide bonds. The molecule has 27 heavy (non-hydrogen) atoms. The molecule has 142 valence electrons. The van der Waals surface area contributed by atoms with Crippen LogP contribution in [0.3, 0.4) is 0 Å². The number of halogens is 4. The third kappa shape index (κ3) is 3.55. The lowest BCUT2D eigenvalue weighted by atomic mass is 9.60. The van der Waals surface area contributed by atoms with Crippen LogP contribution in [0.25, 0.3) is 5.57 Å². The maximum absolute atomic E-state index is 13.5. The van der Waals surface area contributed by atoms with Gasteiger partial charge in [0.2, 0.25) is 17.3 Å². The SMILES string of the molecule is O=C1C(=O)C2(CCCCC2)C(=O)C(c2ccc(Br)cc2)=C1C(=O)C(Cl)(Cl)Cl. The predicted molar refractivity (Wildman–Crippen MR) is 107 cm³/mol. The van der Waals surface area contributed by atoms with Gasteiger partial charge in [-0.25, -0.2) is 0 Å². The number of hydrogen-bond acceptors (Lipinski definition) is 4. The van der Waals surface area contributed by atoms with E-state index in [1.165, 1.54) is 0 Å². The smallest absolute Gasteiger partial charge is 0.253 e. The van der Waals surface area contributed by atoms with Crippen LogP contribution in [0.2, 0.25) is 0 Å². The second-order valence-corrected chi connectivity index (χ2v) is 9.91. The Morgan fingerprint density at radius 1 is 0.926 bits per heavy atom. The first-order chi connectivity index (χ1) is 12.6. The molecule has 0 atom stereocenters. The monoisotopic (exact) mass is 490 g/mol. The molecule has 1 fully saturated rings. The topological polar surface area (TPSA) is 68.3 Å². The third-order valence-corrected chi connectivity index (χ3v) is 6.15. The molecule has 1 saturated carbocycles. The Hall–Kier alpha value is -1.01. The molecule has 4 nitrogen and oxygen atoms in total. The summed E-state index contributed by atoms with van der Waals surface area (Å²) in [6.07, 6.45) is 2.77. The Morgan fingerprint density at radius 2 is 1.48 bits per heavy atom. The highest BCUT2D eigenvalue weighted by atomic mass is 79.9. The molecule has 0 aromatic heterocycles. The molecule has 1 spiro atoms. The van der Waals surface area contributed by atoms with Crippen molar-refractivity contribution in [2.24, 2.45) is 5.41 Å². The van der Waals surface area contributed by atoms with Gasteiger partial charge in [0.1, 0.15) is 5.41 Å². The molecule has 1 aromatic rings. The summed E-state index contributed by atoms with van der Waals surface area (Å²) in [6, 6.07) is 6.51. The van der Waals surface area contributed by atoms with Gasteiger partial charge in [0.05, 0.1) is 5.57 Å². The predicted octanol–water partition coefficient (Wildman–Crippen LogP) is 4.81. The highest BCUT2D eigenvalue weighted by Crippen LogP contribution is 2.47. The fourth-order valence-electron chi connectivity index (χ4n) is 3.76. The molecule has 0 radical (unpaired) electrons. The lowest BCUT2D eigenvalue weighted by Gasteiger charge is -2.38. The van der Waals surface area contributed by atoms with Gasteiger partial charge in [0.15, 0.2) is 5.78 Å². The molecular weight excluding hydrogens is 478 g/mol. The zero-order valence-corrected chi connectivity index (χ0v) is 17.8. The first kappa shape index (κ1) is 20.7. The maximum atomic E-state index is 13.5. The molecule has 8 heteroatoms. The third-order valence-electron chi connectivity index (χ3n) is 5.10. The zero-order chi connectivity index (χ0) is 20.0. The van der Waals surface area contributed by atoms with E-state index >= 15 is 0 Å². The van der Waals surface area contributed by atoms with Crippen molar-refractivity contribution in [3.05, 3.63) is 39.9 Å². The Labute approximate surface area is 179 Å². The van der Waals surface area contributed by atoms with E-state index in [0.717, 1.165) is 10.9 Å². The van der Waals surface area contributed by atoms with Crippen LogP contribution in [0.1, 0.15) is 37.7 Å². The molecular formula is C19H14BrCl3O4. The van der Waals surface area contributed by atoms with Gasteiger partial charge < -0.3 is 0 Å². The van der Waals surface area contributed by atoms with Crippen LogP contribution < -0.4 is 0 Å². The van der Waals surface area contributed by atoms with Crippen LogP contribution in [0, 0.1) is 5.41 Å². The quantitative estimate of drug-likeness (QED) is 0.257. The van der Waals surface area contributed by atoms with Gasteiger partial charge in [-0.15, -0.1) is 0 Å². The summed E-state index contributed by atoms with van der Waals surface area (Å²) < 4.78 is -1.71. The van der Waals surface area contributed by atoms with E-state index in [1.54, 1.807) is 24.3 Å². The Kier molecular flexibility index (Phi) is 5.70. The zero-order valence-electron chi connectivity index (χ0n) is 14.0. The van der Waals surface area contributed by atoms with Crippen molar-refractivity contribution in [2.75, 3.05) is 0 Å². The highest BCUT2D eigenvalue weighted by Gasteiger charge is 2.57. The van der Waals surface area contributed by atoms with E-state index in [2.05, 4.69) is 15.9 Å². The van der Waals surface area contributed by atoms with E-state index < -0.39 is 37.9 Å². The van der Waals surface area contributed by atoms with E-state index in [1.807, 2.05) is 0 Å². The van der Waals surface area contributed by atoms with Crippen LogP contribution in [0.15, 0.2) is 34.3 Å². The van der Waals surface area contributed by atoms with Crippen LogP contribution in [-0.4, -0.2) is 26.9 Å². The number of carbonyl (C=O) groups is 4. The van der Waals surface area contributed by atoms with Crippen molar-refractivity contribution >= 4 is 79.4 Å². The second-order valence-electron chi connectivity index (χ2n) is 6.71. The molecule has 0 N–H and O–H groups in total. The lowest BCUT2D eigenvalue weighted by Crippen LogP contribution is -2.51. The highest BCUT2D eigenvalue weighted by molar-refractivity contribution is 9.10. The van der Waals surface area contributed by atoms with Gasteiger partial charge in [-0.05, 0) is 30.5 Å². The van der Waals surface area contributed by atoms with Gasteiger partial charge in [-0.2, -0.15) is 0 Å². The van der Waals surface area contributed by atoms with Crippen LogP contribution >= 0.6 is 50.7 Å². The number of carbonyl (C=O) groups excluding carboxylic acids is 4. The van der Waals surface area contributed by atoms with Gasteiger partial charge in [-0.1, -0.05) is 82.1 Å². The van der Waals surface area contributed by atoms with E-state index in [9.17, 15) is 19.2 Å². The first-order valence-electron chi connectivity index (χ1n) is 8.35. The van der Waals surface area contributed by atoms with Crippen LogP contribution in [0.4, 0.5) is 0 Å². The fraction of sp³-hybridized carbons (Fsp3) is 0.368. The number of rotatable bonds is 2. The molecule has 1 aromatic carbocycles. The lowest BCUT2D eigenvalue weighted by molar-refractivity contribution is -0.148. The number of allylic oxidation sites excluding steroid dienone is 2. The van der Waals surface area contributed by atoms with Crippen molar-refractivity contribution in [3.63, 3.8) is 0 Å². The van der Waals surface area contributed by atoms with Crippen LogP contribution in [-0.2, 0) is 19.2 Å². The molecule has 2 aliphatic rings. The molecule has 3 rings (SSSR count). The average Bonchev–Trinajstić information content (AvgIpc) is 2.63. The number of ketones is 4. The standard InChI is InChI=1S/C19H14BrCl3O4/c20-11-6-4-10(5-7-11)12-13(16(26)19(21,22)23)14(24)17(27)18(15(12)25)8-2-1-3-9-18/h4-7H,1-3,8-9H2. The molecule has 2 aliphatic carbocycles. The number of hydrogen-bond donors (Lipinski definition) is 0. The molecule has 0 bridgehead atoms. The largest absolute Gasteiger partial charge is 0.293 e. The Bertz CT molecular complexity index is 875. The molecule has 0 unspecified atom stereocenters. The van der Waals surface area contributed by atoms with Crippen molar-refractivity contribution in [1.82, 2.24) is 0 Å². The molecule has 0 saturated heterocycles. The first-order valence-corrected chi connectivity index (χ1v) is 10.3. The maximum Gasteiger partial charge on any atom is 0.253 e. The van der Waals surface area contributed by atoms with E-state index in [0.29, 0.717) is 18.4 Å². The van der Waals surface area contributed by atoms with Gasteiger partial charge in [0.25, 0.3) is 3.79 Å². The minimum atomic E-state index is -2.46. The minimum absolute atomic E-state index is 0.134. The Balaban J connectivity index is 2.29. The van der Waals surface area contributed by atoms with Crippen molar-refractivity contribution in [2.45, 2.75) is 35.9 Å². The van der Waals surface area contributed by atoms with E-state index in [4.69, 9.17) is 34.8 Å². The van der Waals surface area contributed by atoms with Crippen molar-refractivity contribution in [1.29, 1.82) is 0 Å². The minimum Gasteiger partial charge on any atom is -0.293 e.